The molecule has 0 N–H and O–H groups in total. The first-order valence-electron chi connectivity index (χ1n) is 7.55. The van der Waals surface area contributed by atoms with Gasteiger partial charge in [0.05, 0.1) is 25.0 Å². The van der Waals surface area contributed by atoms with Crippen molar-refractivity contribution in [2.24, 2.45) is 5.92 Å². The Labute approximate surface area is 122 Å². The summed E-state index contributed by atoms with van der Waals surface area (Å²) in [5, 5.41) is 0. The number of ether oxygens (including phenoxy) is 2. The molecule has 1 atom stereocenters. The first kappa shape index (κ1) is 15.4. The summed E-state index contributed by atoms with van der Waals surface area (Å²) in [5.74, 6) is 0.686. The second-order valence-corrected chi connectivity index (χ2v) is 5.81. The average Bonchev–Trinajstić information content (AvgIpc) is 2.65. The molecule has 1 aromatic heterocycles. The zero-order valence-electron chi connectivity index (χ0n) is 12.6. The Balaban J connectivity index is 1.80. The highest BCUT2D eigenvalue weighted by molar-refractivity contribution is 5.03. The van der Waals surface area contributed by atoms with Gasteiger partial charge in [0.15, 0.2) is 0 Å². The molecule has 2 rings (SSSR count). The van der Waals surface area contributed by atoms with Crippen LogP contribution in [0.4, 0.5) is 0 Å². The van der Waals surface area contributed by atoms with Gasteiger partial charge >= 0.3 is 0 Å². The van der Waals surface area contributed by atoms with Gasteiger partial charge < -0.3 is 9.47 Å². The van der Waals surface area contributed by atoms with Gasteiger partial charge in [0, 0.05) is 32.4 Å². The summed E-state index contributed by atoms with van der Waals surface area (Å²) in [6.07, 6.45) is 3.14. The third kappa shape index (κ3) is 5.57. The number of hydrogen-bond acceptors (Lipinski definition) is 4. The average molecular weight is 278 g/mol. The van der Waals surface area contributed by atoms with Crippen molar-refractivity contribution < 1.29 is 9.47 Å². The van der Waals surface area contributed by atoms with Crippen LogP contribution in [-0.4, -0.2) is 48.9 Å². The summed E-state index contributed by atoms with van der Waals surface area (Å²) < 4.78 is 11.6. The maximum absolute atomic E-state index is 5.95. The molecule has 0 radical (unpaired) electrons. The van der Waals surface area contributed by atoms with Crippen LogP contribution in [-0.2, 0) is 16.0 Å². The van der Waals surface area contributed by atoms with E-state index in [0.717, 1.165) is 45.0 Å². The molecule has 0 aromatic carbocycles. The van der Waals surface area contributed by atoms with Crippen molar-refractivity contribution in [2.75, 3.05) is 32.9 Å². The summed E-state index contributed by atoms with van der Waals surface area (Å²) in [6.45, 7) is 9.49. The highest BCUT2D eigenvalue weighted by Crippen LogP contribution is 2.09. The smallest absolute Gasteiger partial charge is 0.0935 e. The Bertz CT molecular complexity index is 370. The second kappa shape index (κ2) is 8.35. The van der Waals surface area contributed by atoms with Crippen LogP contribution in [0.15, 0.2) is 24.4 Å². The molecule has 1 aliphatic heterocycles. The van der Waals surface area contributed by atoms with E-state index in [1.54, 1.807) is 0 Å². The molecule has 0 spiro atoms. The molecule has 1 saturated heterocycles. The number of nitrogens with zero attached hydrogens (tertiary/aromatic N) is 2. The standard InChI is InChI=1S/C16H26N2O2/c1-14(2)6-9-20-16-12-18(8-10-19-13-16)11-15-5-3-4-7-17-15/h3-5,7,14,16H,6,8-13H2,1-2H3. The van der Waals surface area contributed by atoms with E-state index in [2.05, 4.69) is 29.8 Å². The van der Waals surface area contributed by atoms with Gasteiger partial charge in [0.2, 0.25) is 0 Å². The Hall–Kier alpha value is -0.970. The molecule has 20 heavy (non-hydrogen) atoms. The fraction of sp³-hybridized carbons (Fsp3) is 0.688. The monoisotopic (exact) mass is 278 g/mol. The highest BCUT2D eigenvalue weighted by atomic mass is 16.5. The minimum absolute atomic E-state index is 0.181. The van der Waals surface area contributed by atoms with E-state index in [4.69, 9.17) is 9.47 Å². The molecular weight excluding hydrogens is 252 g/mol. The van der Waals surface area contributed by atoms with Gasteiger partial charge in [-0.3, -0.25) is 9.88 Å². The van der Waals surface area contributed by atoms with Crippen LogP contribution >= 0.6 is 0 Å². The molecule has 0 aliphatic carbocycles. The number of pyridine rings is 1. The van der Waals surface area contributed by atoms with E-state index in [1.807, 2.05) is 18.3 Å². The van der Waals surface area contributed by atoms with Crippen LogP contribution in [0.2, 0.25) is 0 Å². The van der Waals surface area contributed by atoms with Crippen molar-refractivity contribution in [3.05, 3.63) is 30.1 Å². The van der Waals surface area contributed by atoms with Crippen LogP contribution in [0.3, 0.4) is 0 Å². The largest absolute Gasteiger partial charge is 0.377 e. The molecule has 2 heterocycles. The lowest BCUT2D eigenvalue weighted by atomic mass is 10.1. The summed E-state index contributed by atoms with van der Waals surface area (Å²) in [7, 11) is 0. The minimum Gasteiger partial charge on any atom is -0.377 e. The molecule has 1 aliphatic rings. The van der Waals surface area contributed by atoms with Crippen LogP contribution < -0.4 is 0 Å². The SMILES string of the molecule is CC(C)CCOC1COCCN(Cc2ccccn2)C1. The summed E-state index contributed by atoms with van der Waals surface area (Å²) in [5.41, 5.74) is 1.11. The van der Waals surface area contributed by atoms with Crippen molar-refractivity contribution in [1.29, 1.82) is 0 Å². The Morgan fingerprint density at radius 1 is 1.45 bits per heavy atom. The molecule has 0 saturated carbocycles. The van der Waals surface area contributed by atoms with Gasteiger partial charge in [-0.05, 0) is 24.5 Å². The Kier molecular flexibility index (Phi) is 6.43. The Morgan fingerprint density at radius 2 is 2.35 bits per heavy atom. The van der Waals surface area contributed by atoms with Crippen molar-refractivity contribution in [1.82, 2.24) is 9.88 Å². The normalized spacial score (nSPS) is 21.1. The van der Waals surface area contributed by atoms with Gasteiger partial charge in [0.1, 0.15) is 0 Å². The quantitative estimate of drug-likeness (QED) is 0.800. The van der Waals surface area contributed by atoms with E-state index in [0.29, 0.717) is 12.5 Å². The predicted molar refractivity (Wildman–Crippen MR) is 79.5 cm³/mol. The topological polar surface area (TPSA) is 34.6 Å². The Morgan fingerprint density at radius 3 is 3.10 bits per heavy atom. The zero-order valence-corrected chi connectivity index (χ0v) is 12.6. The van der Waals surface area contributed by atoms with Crippen LogP contribution in [0, 0.1) is 5.92 Å². The lowest BCUT2D eigenvalue weighted by Gasteiger charge is -2.23. The van der Waals surface area contributed by atoms with Crippen molar-refractivity contribution in [2.45, 2.75) is 32.9 Å². The fourth-order valence-electron chi connectivity index (χ4n) is 2.28. The second-order valence-electron chi connectivity index (χ2n) is 5.81. The van der Waals surface area contributed by atoms with Crippen LogP contribution in [0.5, 0.6) is 0 Å². The molecule has 4 nitrogen and oxygen atoms in total. The first-order chi connectivity index (χ1) is 9.74. The van der Waals surface area contributed by atoms with E-state index in [9.17, 15) is 0 Å². The van der Waals surface area contributed by atoms with Gasteiger partial charge in [-0.25, -0.2) is 0 Å². The zero-order chi connectivity index (χ0) is 14.2. The predicted octanol–water partition coefficient (Wildman–Crippen LogP) is 2.35. The highest BCUT2D eigenvalue weighted by Gasteiger charge is 2.19. The molecule has 0 bridgehead atoms. The lowest BCUT2D eigenvalue weighted by molar-refractivity contribution is -0.0102. The summed E-state index contributed by atoms with van der Waals surface area (Å²) >= 11 is 0. The third-order valence-electron chi connectivity index (χ3n) is 3.48. The number of hydrogen-bond donors (Lipinski definition) is 0. The van der Waals surface area contributed by atoms with Crippen molar-refractivity contribution >= 4 is 0 Å². The van der Waals surface area contributed by atoms with Gasteiger partial charge in [-0.2, -0.15) is 0 Å². The van der Waals surface area contributed by atoms with Crippen LogP contribution in [0.1, 0.15) is 26.0 Å². The van der Waals surface area contributed by atoms with Gasteiger partial charge in [-0.15, -0.1) is 0 Å². The van der Waals surface area contributed by atoms with Crippen LogP contribution in [0.25, 0.3) is 0 Å². The number of aromatic nitrogens is 1. The lowest BCUT2D eigenvalue weighted by Crippen LogP contribution is -2.34. The van der Waals surface area contributed by atoms with Crippen molar-refractivity contribution in [3.63, 3.8) is 0 Å². The van der Waals surface area contributed by atoms with Crippen molar-refractivity contribution in [3.8, 4) is 0 Å². The number of rotatable bonds is 6. The van der Waals surface area contributed by atoms with E-state index >= 15 is 0 Å². The molecule has 1 aromatic rings. The fourth-order valence-corrected chi connectivity index (χ4v) is 2.28. The van der Waals surface area contributed by atoms with E-state index in [-0.39, 0.29) is 6.10 Å². The summed E-state index contributed by atoms with van der Waals surface area (Å²) in [4.78, 5) is 6.76. The molecule has 1 fully saturated rings. The molecular formula is C16H26N2O2. The van der Waals surface area contributed by atoms with E-state index < -0.39 is 0 Å². The third-order valence-corrected chi connectivity index (χ3v) is 3.48. The first-order valence-corrected chi connectivity index (χ1v) is 7.55. The van der Waals surface area contributed by atoms with Gasteiger partial charge in [-0.1, -0.05) is 19.9 Å². The molecule has 112 valence electrons. The summed E-state index contributed by atoms with van der Waals surface area (Å²) in [6, 6.07) is 6.06. The van der Waals surface area contributed by atoms with E-state index in [1.165, 1.54) is 0 Å². The maximum atomic E-state index is 5.95. The molecule has 4 heteroatoms. The maximum Gasteiger partial charge on any atom is 0.0935 e. The molecule has 1 unspecified atom stereocenters. The van der Waals surface area contributed by atoms with Gasteiger partial charge in [0.25, 0.3) is 0 Å². The molecule has 0 amide bonds. The minimum atomic E-state index is 0.181.